The lowest BCUT2D eigenvalue weighted by molar-refractivity contribution is -0.373. The Kier molecular flexibility index (Phi) is 11.5. The first-order valence-electron chi connectivity index (χ1n) is 22.2. The predicted molar refractivity (Wildman–Crippen MR) is 202 cm³/mol. The van der Waals surface area contributed by atoms with Gasteiger partial charge in [0.2, 0.25) is 0 Å². The molecular formula is C43H68O15. The molecule has 8 fully saturated rings. The highest BCUT2D eigenvalue weighted by atomic mass is 16.8. The summed E-state index contributed by atoms with van der Waals surface area (Å²) in [7, 11) is 0. The summed E-state index contributed by atoms with van der Waals surface area (Å²) in [5, 5.41) is 74.2. The molecule has 0 aromatic carbocycles. The summed E-state index contributed by atoms with van der Waals surface area (Å²) in [6, 6.07) is 0. The topological polar surface area (TPSA) is 215 Å². The molecule has 0 radical (unpaired) electrons. The van der Waals surface area contributed by atoms with Gasteiger partial charge in [0.15, 0.2) is 24.7 Å². The van der Waals surface area contributed by atoms with E-state index in [1.165, 1.54) is 18.4 Å². The molecule has 0 aromatic rings. The molecule has 15 heteroatoms. The van der Waals surface area contributed by atoms with E-state index in [1.807, 2.05) is 0 Å². The second-order valence-electron chi connectivity index (χ2n) is 20.2. The molecule has 5 saturated heterocycles. The molecule has 5 heterocycles. The number of fused-ring (bicyclic) bond motifs is 7. The van der Waals surface area contributed by atoms with E-state index in [-0.39, 0.29) is 36.3 Å². The lowest BCUT2D eigenvalue weighted by atomic mass is 9.47. The molecule has 15 nitrogen and oxygen atoms in total. The van der Waals surface area contributed by atoms with Gasteiger partial charge in [-0.25, -0.2) is 0 Å². The van der Waals surface area contributed by atoms with E-state index < -0.39 is 85.7 Å². The Balaban J connectivity index is 0.842. The van der Waals surface area contributed by atoms with E-state index in [4.69, 9.17) is 37.9 Å². The molecule has 4 aliphatic carbocycles. The Bertz CT molecular complexity index is 1510. The normalized spacial score (nSPS) is 58.2. The molecule has 0 aromatic heterocycles. The van der Waals surface area contributed by atoms with Gasteiger partial charge in [0.25, 0.3) is 0 Å². The first kappa shape index (κ1) is 42.4. The molecule has 330 valence electrons. The average Bonchev–Trinajstić information content (AvgIpc) is 3.65. The monoisotopic (exact) mass is 824 g/mol. The maximum Gasteiger partial charge on any atom is 0.187 e. The number of rotatable bonds is 6. The minimum Gasteiger partial charge on any atom is -0.388 e. The quantitative estimate of drug-likeness (QED) is 0.189. The van der Waals surface area contributed by atoms with E-state index in [0.717, 1.165) is 45.1 Å². The zero-order valence-corrected chi connectivity index (χ0v) is 34.6. The maximum atomic E-state index is 11.2. The molecular weight excluding hydrogens is 756 g/mol. The lowest BCUT2D eigenvalue weighted by Crippen LogP contribution is -2.64. The molecule has 1 spiro atoms. The molecule has 0 bridgehead atoms. The van der Waals surface area contributed by atoms with E-state index in [1.54, 1.807) is 6.92 Å². The first-order valence-corrected chi connectivity index (χ1v) is 22.2. The summed E-state index contributed by atoms with van der Waals surface area (Å²) in [5.74, 6) is 2.89. The molecule has 58 heavy (non-hydrogen) atoms. The van der Waals surface area contributed by atoms with Crippen LogP contribution in [0.1, 0.15) is 92.4 Å². The number of aliphatic hydroxyl groups is 7. The number of hydrogen-bond acceptors (Lipinski definition) is 15. The van der Waals surface area contributed by atoms with Crippen LogP contribution in [0.4, 0.5) is 0 Å². The number of allylic oxidation sites excluding steroid dienone is 1. The van der Waals surface area contributed by atoms with Gasteiger partial charge in [0.05, 0.1) is 38.1 Å². The Morgan fingerprint density at radius 3 is 2.14 bits per heavy atom. The van der Waals surface area contributed by atoms with Crippen LogP contribution in [0.15, 0.2) is 11.6 Å². The van der Waals surface area contributed by atoms with E-state index >= 15 is 0 Å². The first-order chi connectivity index (χ1) is 27.5. The van der Waals surface area contributed by atoms with Crippen LogP contribution in [-0.2, 0) is 37.9 Å². The third-order valence-electron chi connectivity index (χ3n) is 16.9. The Morgan fingerprint density at radius 1 is 0.690 bits per heavy atom. The van der Waals surface area contributed by atoms with Crippen molar-refractivity contribution < 1.29 is 73.6 Å². The maximum absolute atomic E-state index is 11.2. The van der Waals surface area contributed by atoms with Crippen LogP contribution in [0.2, 0.25) is 0 Å². The second-order valence-corrected chi connectivity index (χ2v) is 20.2. The van der Waals surface area contributed by atoms with Gasteiger partial charge in [-0.2, -0.15) is 0 Å². The van der Waals surface area contributed by atoms with Gasteiger partial charge >= 0.3 is 0 Å². The van der Waals surface area contributed by atoms with Crippen molar-refractivity contribution in [1.29, 1.82) is 0 Å². The summed E-state index contributed by atoms with van der Waals surface area (Å²) in [6.45, 7) is 11.6. The summed E-state index contributed by atoms with van der Waals surface area (Å²) < 4.78 is 49.1. The fourth-order valence-corrected chi connectivity index (χ4v) is 13.5. The summed E-state index contributed by atoms with van der Waals surface area (Å²) in [6.07, 6.45) is -6.09. The standard InChI is InChI=1S/C43H68O15/c1-19-8-13-43(53-16-19)20(2)30-29(58-43)15-26-24-7-6-22-14-23(9-11-41(22,4)25(24)10-12-42(26,30)5)55-40-37(32(47)28(45)18-52-40)57-39-35(50)33(48)36(21(3)54-39)56-38-34(49)31(46)27(44)17-51-38/h6,19-21,23-40,44-50H,7-18H2,1-5H3/t19-,20+,21+,23+,24-,25+,26+,27+,28+,29+,30+,31+,32+,33+,34-,35-,36+,37-,38+,39+,40+,41+,42+,43-/m1/s1. The van der Waals surface area contributed by atoms with Crippen molar-refractivity contribution in [2.75, 3.05) is 19.8 Å². The third kappa shape index (κ3) is 6.89. The van der Waals surface area contributed by atoms with Crippen molar-refractivity contribution in [1.82, 2.24) is 0 Å². The van der Waals surface area contributed by atoms with Gasteiger partial charge in [-0.05, 0) is 98.7 Å². The van der Waals surface area contributed by atoms with Crippen LogP contribution >= 0.6 is 0 Å². The van der Waals surface area contributed by atoms with E-state index in [0.29, 0.717) is 41.9 Å². The van der Waals surface area contributed by atoms with Crippen LogP contribution < -0.4 is 0 Å². The van der Waals surface area contributed by atoms with Crippen LogP contribution in [0.25, 0.3) is 0 Å². The Morgan fingerprint density at radius 2 is 1.40 bits per heavy atom. The fraction of sp³-hybridized carbons (Fsp3) is 0.953. The van der Waals surface area contributed by atoms with E-state index in [9.17, 15) is 35.7 Å². The number of ether oxygens (including phenoxy) is 8. The van der Waals surface area contributed by atoms with Crippen LogP contribution in [0.3, 0.4) is 0 Å². The SMILES string of the molecule is C[C@@H]1CC[C@@]2(OC1)O[C@H]1C[C@H]3[C@@H]4CC=C5C[C@@H](O[C@@H]6OC[C@H](O)[C@H](O)[C@H]6O[C@@H]6O[C@@H](C)[C@H](O[C@@H]7OC[C@H](O)[C@H](O)[C@H]7O)[C@@H](O)[C@H]6O)CC[C@]5(C)[C@H]4CC[C@]3(C)[C@H]1[C@@H]2C. The van der Waals surface area contributed by atoms with Crippen molar-refractivity contribution in [3.63, 3.8) is 0 Å². The highest BCUT2D eigenvalue weighted by molar-refractivity contribution is 5.26. The van der Waals surface area contributed by atoms with E-state index in [2.05, 4.69) is 33.8 Å². The van der Waals surface area contributed by atoms with Crippen molar-refractivity contribution >= 4 is 0 Å². The third-order valence-corrected chi connectivity index (χ3v) is 16.9. The van der Waals surface area contributed by atoms with Gasteiger partial charge in [0, 0.05) is 12.3 Å². The summed E-state index contributed by atoms with van der Waals surface area (Å²) in [4.78, 5) is 0. The number of aliphatic hydroxyl groups excluding tert-OH is 7. The van der Waals surface area contributed by atoms with Crippen molar-refractivity contribution in [2.24, 2.45) is 46.3 Å². The Labute approximate surface area is 341 Å². The molecule has 7 N–H and O–H groups in total. The predicted octanol–water partition coefficient (Wildman–Crippen LogP) is 1.49. The van der Waals surface area contributed by atoms with Gasteiger partial charge in [-0.15, -0.1) is 0 Å². The van der Waals surface area contributed by atoms with Crippen molar-refractivity contribution in [2.45, 2.75) is 190 Å². The zero-order chi connectivity index (χ0) is 41.1. The van der Waals surface area contributed by atoms with Gasteiger partial charge < -0.3 is 73.6 Å². The lowest BCUT2D eigenvalue weighted by Gasteiger charge is -2.58. The molecule has 9 rings (SSSR count). The summed E-state index contributed by atoms with van der Waals surface area (Å²) >= 11 is 0. The second kappa shape index (κ2) is 15.7. The van der Waals surface area contributed by atoms with Gasteiger partial charge in [-0.3, -0.25) is 0 Å². The zero-order valence-electron chi connectivity index (χ0n) is 34.6. The Hall–Kier alpha value is -0.860. The molecule has 3 saturated carbocycles. The minimum absolute atomic E-state index is 0.0543. The molecule has 0 unspecified atom stereocenters. The molecule has 5 aliphatic heterocycles. The largest absolute Gasteiger partial charge is 0.388 e. The highest BCUT2D eigenvalue weighted by Crippen LogP contribution is 2.70. The fourth-order valence-electron chi connectivity index (χ4n) is 13.5. The molecule has 9 aliphatic rings. The van der Waals surface area contributed by atoms with Crippen molar-refractivity contribution in [3.05, 3.63) is 11.6 Å². The van der Waals surface area contributed by atoms with Gasteiger partial charge in [-0.1, -0.05) is 39.3 Å². The highest BCUT2D eigenvalue weighted by Gasteiger charge is 2.69. The number of hydrogen-bond donors (Lipinski definition) is 7. The molecule has 0 amide bonds. The van der Waals surface area contributed by atoms with Crippen molar-refractivity contribution in [3.8, 4) is 0 Å². The average molecular weight is 825 g/mol. The summed E-state index contributed by atoms with van der Waals surface area (Å²) in [5.41, 5.74) is 1.70. The molecule has 24 atom stereocenters. The van der Waals surface area contributed by atoms with Crippen LogP contribution in [0.5, 0.6) is 0 Å². The van der Waals surface area contributed by atoms with Crippen LogP contribution in [-0.4, -0.2) is 153 Å². The van der Waals surface area contributed by atoms with Crippen LogP contribution in [0, 0.1) is 46.3 Å². The van der Waals surface area contributed by atoms with Gasteiger partial charge in [0.1, 0.15) is 54.9 Å². The minimum atomic E-state index is -1.68. The smallest absolute Gasteiger partial charge is 0.187 e.